The Hall–Kier alpha value is -2.45. The molecule has 0 fully saturated rings. The minimum Gasteiger partial charge on any atom is -0.489 e. The number of anilines is 1. The molecule has 0 saturated carbocycles. The van der Waals surface area contributed by atoms with Crippen LogP contribution in [-0.4, -0.2) is 0 Å². The molecule has 122 valence electrons. The average molecular weight is 338 g/mol. The van der Waals surface area contributed by atoms with E-state index >= 15 is 0 Å². The van der Waals surface area contributed by atoms with E-state index < -0.39 is 0 Å². The van der Waals surface area contributed by atoms with Gasteiger partial charge >= 0.3 is 0 Å². The largest absolute Gasteiger partial charge is 0.489 e. The zero-order valence-electron chi connectivity index (χ0n) is 13.6. The molecular weight excluding hydrogens is 318 g/mol. The van der Waals surface area contributed by atoms with Crippen molar-refractivity contribution in [2.75, 3.05) is 5.32 Å². The summed E-state index contributed by atoms with van der Waals surface area (Å²) in [6.45, 7) is 3.35. The fourth-order valence-corrected chi connectivity index (χ4v) is 2.55. The molecule has 0 heterocycles. The molecule has 3 aromatic rings. The predicted molar refractivity (Wildman–Crippen MR) is 101 cm³/mol. The predicted octanol–water partition coefficient (Wildman–Crippen LogP) is 5.84. The first-order valence-electron chi connectivity index (χ1n) is 7.96. The van der Waals surface area contributed by atoms with Crippen LogP contribution in [0.2, 0.25) is 5.02 Å². The molecule has 0 radical (unpaired) electrons. The third kappa shape index (κ3) is 4.53. The maximum absolute atomic E-state index is 6.14. The molecule has 0 aliphatic carbocycles. The average Bonchev–Trinajstić information content (AvgIpc) is 2.61. The Kier molecular flexibility index (Phi) is 5.39. The van der Waals surface area contributed by atoms with E-state index in [2.05, 4.69) is 48.6 Å². The van der Waals surface area contributed by atoms with Gasteiger partial charge in [-0.3, -0.25) is 0 Å². The van der Waals surface area contributed by atoms with E-state index in [1.807, 2.05) is 36.4 Å². The van der Waals surface area contributed by atoms with E-state index in [4.69, 9.17) is 16.3 Å². The lowest BCUT2D eigenvalue weighted by Crippen LogP contribution is -2.00. The highest BCUT2D eigenvalue weighted by Crippen LogP contribution is 2.19. The van der Waals surface area contributed by atoms with Crippen molar-refractivity contribution >= 4 is 17.3 Å². The Morgan fingerprint density at radius 2 is 1.58 bits per heavy atom. The van der Waals surface area contributed by atoms with Crippen LogP contribution in [0.15, 0.2) is 72.8 Å². The fourth-order valence-electron chi connectivity index (χ4n) is 2.36. The Labute approximate surface area is 148 Å². The molecule has 0 aliphatic heterocycles. The normalized spacial score (nSPS) is 10.4. The summed E-state index contributed by atoms with van der Waals surface area (Å²) in [5, 5.41) is 4.15. The molecule has 0 aliphatic rings. The van der Waals surface area contributed by atoms with Gasteiger partial charge in [0, 0.05) is 22.8 Å². The van der Waals surface area contributed by atoms with Gasteiger partial charge in [0.25, 0.3) is 0 Å². The summed E-state index contributed by atoms with van der Waals surface area (Å²) in [7, 11) is 0. The minimum atomic E-state index is 0.473. The van der Waals surface area contributed by atoms with Gasteiger partial charge in [-0.1, -0.05) is 59.6 Å². The van der Waals surface area contributed by atoms with E-state index in [-0.39, 0.29) is 0 Å². The molecule has 0 aromatic heterocycles. The van der Waals surface area contributed by atoms with Crippen molar-refractivity contribution in [3.8, 4) is 5.75 Å². The van der Waals surface area contributed by atoms with Gasteiger partial charge in [-0.05, 0) is 42.8 Å². The lowest BCUT2D eigenvalue weighted by atomic mass is 10.2. The topological polar surface area (TPSA) is 21.3 Å². The van der Waals surface area contributed by atoms with Gasteiger partial charge in [0.15, 0.2) is 0 Å². The Balaban J connectivity index is 1.53. The van der Waals surface area contributed by atoms with Crippen LogP contribution in [0.3, 0.4) is 0 Å². The molecule has 0 spiro atoms. The molecule has 3 rings (SSSR count). The Morgan fingerprint density at radius 3 is 2.29 bits per heavy atom. The van der Waals surface area contributed by atoms with Crippen LogP contribution in [-0.2, 0) is 13.2 Å². The second kappa shape index (κ2) is 7.89. The van der Waals surface area contributed by atoms with E-state index in [0.29, 0.717) is 6.61 Å². The number of benzene rings is 3. The third-order valence-corrected chi connectivity index (χ3v) is 4.19. The smallest absolute Gasteiger partial charge is 0.119 e. The van der Waals surface area contributed by atoms with Crippen molar-refractivity contribution in [2.24, 2.45) is 0 Å². The van der Waals surface area contributed by atoms with Crippen molar-refractivity contribution in [3.05, 3.63) is 94.5 Å². The quantitative estimate of drug-likeness (QED) is 0.610. The first-order valence-corrected chi connectivity index (χ1v) is 8.34. The summed E-state index contributed by atoms with van der Waals surface area (Å²) < 4.78 is 5.80. The first-order chi connectivity index (χ1) is 11.7. The van der Waals surface area contributed by atoms with Crippen molar-refractivity contribution in [1.82, 2.24) is 0 Å². The number of halogens is 1. The lowest BCUT2D eigenvalue weighted by Gasteiger charge is -2.10. The van der Waals surface area contributed by atoms with Gasteiger partial charge in [-0.15, -0.1) is 0 Å². The summed E-state index contributed by atoms with van der Waals surface area (Å²) in [5.74, 6) is 0.842. The van der Waals surface area contributed by atoms with Crippen LogP contribution < -0.4 is 10.1 Å². The van der Waals surface area contributed by atoms with E-state index in [1.165, 1.54) is 11.1 Å². The van der Waals surface area contributed by atoms with E-state index in [9.17, 15) is 0 Å². The van der Waals surface area contributed by atoms with Gasteiger partial charge in [0.05, 0.1) is 0 Å². The van der Waals surface area contributed by atoms with Crippen LogP contribution in [0.1, 0.15) is 16.7 Å². The number of ether oxygens (including phenoxy) is 1. The summed E-state index contributed by atoms with van der Waals surface area (Å²) in [5.41, 5.74) is 4.59. The SMILES string of the molecule is Cc1ccc(NCc2ccc(OCc3ccccc3Cl)cc2)cc1. The van der Waals surface area contributed by atoms with Gasteiger partial charge in [-0.25, -0.2) is 0 Å². The Morgan fingerprint density at radius 1 is 0.875 bits per heavy atom. The summed E-state index contributed by atoms with van der Waals surface area (Å²) in [6.07, 6.45) is 0. The summed E-state index contributed by atoms with van der Waals surface area (Å²) in [6, 6.07) is 24.3. The van der Waals surface area contributed by atoms with Crippen LogP contribution in [0.25, 0.3) is 0 Å². The van der Waals surface area contributed by atoms with Crippen molar-refractivity contribution < 1.29 is 4.74 Å². The first kappa shape index (κ1) is 16.4. The molecule has 0 saturated heterocycles. The van der Waals surface area contributed by atoms with Crippen LogP contribution in [0, 0.1) is 6.92 Å². The van der Waals surface area contributed by atoms with E-state index in [0.717, 1.165) is 28.6 Å². The van der Waals surface area contributed by atoms with Gasteiger partial charge in [0.2, 0.25) is 0 Å². The number of hydrogen-bond donors (Lipinski definition) is 1. The van der Waals surface area contributed by atoms with Gasteiger partial charge in [0.1, 0.15) is 12.4 Å². The zero-order valence-corrected chi connectivity index (χ0v) is 14.4. The maximum atomic E-state index is 6.14. The van der Waals surface area contributed by atoms with Crippen LogP contribution in [0.5, 0.6) is 5.75 Å². The zero-order chi connectivity index (χ0) is 16.8. The number of nitrogens with one attached hydrogen (secondary N) is 1. The second-order valence-electron chi connectivity index (χ2n) is 5.74. The standard InChI is InChI=1S/C21H20ClNO/c1-16-6-10-19(11-7-16)23-14-17-8-12-20(13-9-17)24-15-18-4-2-3-5-21(18)22/h2-13,23H,14-15H2,1H3. The molecule has 24 heavy (non-hydrogen) atoms. The minimum absolute atomic E-state index is 0.473. The lowest BCUT2D eigenvalue weighted by molar-refractivity contribution is 0.306. The van der Waals surface area contributed by atoms with Gasteiger partial charge in [-0.2, -0.15) is 0 Å². The highest BCUT2D eigenvalue weighted by Gasteiger charge is 2.01. The van der Waals surface area contributed by atoms with E-state index in [1.54, 1.807) is 0 Å². The Bertz CT molecular complexity index is 782. The van der Waals surface area contributed by atoms with Gasteiger partial charge < -0.3 is 10.1 Å². The summed E-state index contributed by atoms with van der Waals surface area (Å²) >= 11 is 6.14. The molecule has 3 aromatic carbocycles. The number of rotatable bonds is 6. The van der Waals surface area contributed by atoms with Crippen molar-refractivity contribution in [1.29, 1.82) is 0 Å². The number of hydrogen-bond acceptors (Lipinski definition) is 2. The maximum Gasteiger partial charge on any atom is 0.119 e. The molecule has 0 atom stereocenters. The van der Waals surface area contributed by atoms with Crippen molar-refractivity contribution in [3.63, 3.8) is 0 Å². The monoisotopic (exact) mass is 337 g/mol. The molecule has 0 unspecified atom stereocenters. The molecule has 0 amide bonds. The molecule has 3 heteroatoms. The third-order valence-electron chi connectivity index (χ3n) is 3.82. The highest BCUT2D eigenvalue weighted by molar-refractivity contribution is 6.31. The number of aryl methyl sites for hydroxylation is 1. The van der Waals surface area contributed by atoms with Crippen LogP contribution in [0.4, 0.5) is 5.69 Å². The molecular formula is C21H20ClNO. The summed E-state index contributed by atoms with van der Waals surface area (Å²) in [4.78, 5) is 0. The highest BCUT2D eigenvalue weighted by atomic mass is 35.5. The molecule has 0 bridgehead atoms. The van der Waals surface area contributed by atoms with Crippen LogP contribution >= 0.6 is 11.6 Å². The molecule has 1 N–H and O–H groups in total. The van der Waals surface area contributed by atoms with Crippen molar-refractivity contribution in [2.45, 2.75) is 20.1 Å². The molecule has 2 nitrogen and oxygen atoms in total. The second-order valence-corrected chi connectivity index (χ2v) is 6.15. The fraction of sp³-hybridized carbons (Fsp3) is 0.143.